The molecule has 21 heavy (non-hydrogen) atoms. The molecule has 1 aromatic rings. The van der Waals surface area contributed by atoms with Gasteiger partial charge in [0.25, 0.3) is 0 Å². The maximum Gasteiger partial charge on any atom is 0.307 e. The fourth-order valence-electron chi connectivity index (χ4n) is 3.29. The fraction of sp³-hybridized carbons (Fsp3) is 0.611. The highest BCUT2D eigenvalue weighted by Crippen LogP contribution is 2.25. The van der Waals surface area contributed by atoms with Gasteiger partial charge in [-0.3, -0.25) is 4.79 Å². The zero-order chi connectivity index (χ0) is 15.2. The Kier molecular flexibility index (Phi) is 5.80. The molecule has 2 N–H and O–H groups in total. The monoisotopic (exact) mass is 289 g/mol. The Hall–Kier alpha value is -1.35. The number of carboxylic acids is 1. The summed E-state index contributed by atoms with van der Waals surface area (Å²) in [6, 6.07) is 8.45. The van der Waals surface area contributed by atoms with Gasteiger partial charge in [-0.1, -0.05) is 38.1 Å². The Labute approximate surface area is 127 Å². The minimum Gasteiger partial charge on any atom is -0.481 e. The van der Waals surface area contributed by atoms with Gasteiger partial charge in [0.05, 0.1) is 5.92 Å². The largest absolute Gasteiger partial charge is 0.481 e. The molecule has 2 unspecified atom stereocenters. The zero-order valence-corrected chi connectivity index (χ0v) is 13.1. The molecule has 1 aromatic carbocycles. The molecule has 0 aromatic heterocycles. The average Bonchev–Trinajstić information content (AvgIpc) is 2.45. The number of hydrogen-bond acceptors (Lipinski definition) is 2. The van der Waals surface area contributed by atoms with Crippen molar-refractivity contribution in [2.75, 3.05) is 13.1 Å². The van der Waals surface area contributed by atoms with Crippen molar-refractivity contribution >= 4 is 5.97 Å². The van der Waals surface area contributed by atoms with Crippen LogP contribution in [0.4, 0.5) is 0 Å². The number of nitrogens with one attached hydrogen (secondary N) is 1. The van der Waals surface area contributed by atoms with Crippen molar-refractivity contribution in [1.82, 2.24) is 5.32 Å². The molecule has 0 bridgehead atoms. The first-order valence-electron chi connectivity index (χ1n) is 8.07. The van der Waals surface area contributed by atoms with Gasteiger partial charge in [0.15, 0.2) is 0 Å². The van der Waals surface area contributed by atoms with Crippen LogP contribution in [0, 0.1) is 17.8 Å². The molecule has 1 aliphatic heterocycles. The van der Waals surface area contributed by atoms with Gasteiger partial charge in [0.1, 0.15) is 0 Å². The summed E-state index contributed by atoms with van der Waals surface area (Å²) in [6.07, 6.45) is 3.81. The molecule has 1 fully saturated rings. The highest BCUT2D eigenvalue weighted by atomic mass is 16.4. The summed E-state index contributed by atoms with van der Waals surface area (Å²) in [5, 5.41) is 12.9. The van der Waals surface area contributed by atoms with Gasteiger partial charge in [-0.05, 0) is 61.7 Å². The summed E-state index contributed by atoms with van der Waals surface area (Å²) in [7, 11) is 0. The van der Waals surface area contributed by atoms with Crippen LogP contribution >= 0.6 is 0 Å². The van der Waals surface area contributed by atoms with Crippen LogP contribution < -0.4 is 5.32 Å². The number of carboxylic acid groups (broad SMARTS) is 1. The lowest BCUT2D eigenvalue weighted by molar-refractivity contribution is -0.143. The van der Waals surface area contributed by atoms with Crippen LogP contribution in [0.25, 0.3) is 0 Å². The molecule has 2 rings (SSSR count). The maximum atomic E-state index is 11.6. The topological polar surface area (TPSA) is 49.3 Å². The quantitative estimate of drug-likeness (QED) is 0.846. The van der Waals surface area contributed by atoms with Gasteiger partial charge in [-0.15, -0.1) is 0 Å². The number of benzene rings is 1. The number of rotatable bonds is 6. The van der Waals surface area contributed by atoms with E-state index in [4.69, 9.17) is 0 Å². The first-order chi connectivity index (χ1) is 10.1. The van der Waals surface area contributed by atoms with Gasteiger partial charge < -0.3 is 10.4 Å². The van der Waals surface area contributed by atoms with Crippen molar-refractivity contribution in [3.05, 3.63) is 35.4 Å². The van der Waals surface area contributed by atoms with Gasteiger partial charge >= 0.3 is 5.97 Å². The van der Waals surface area contributed by atoms with E-state index in [0.29, 0.717) is 12.3 Å². The van der Waals surface area contributed by atoms with E-state index in [9.17, 15) is 9.90 Å². The normalized spacial score (nSPS) is 20.4. The Morgan fingerprint density at radius 2 is 2.05 bits per heavy atom. The van der Waals surface area contributed by atoms with E-state index in [1.54, 1.807) is 0 Å². The van der Waals surface area contributed by atoms with Crippen molar-refractivity contribution in [2.45, 2.75) is 39.5 Å². The van der Waals surface area contributed by atoms with E-state index >= 15 is 0 Å². The minimum atomic E-state index is -0.655. The second-order valence-corrected chi connectivity index (χ2v) is 6.67. The summed E-state index contributed by atoms with van der Waals surface area (Å²) in [5.74, 6) is -0.0480. The lowest BCUT2D eigenvalue weighted by atomic mass is 9.82. The van der Waals surface area contributed by atoms with Crippen molar-refractivity contribution < 1.29 is 9.90 Å². The average molecular weight is 289 g/mol. The molecule has 116 valence electrons. The fourth-order valence-corrected chi connectivity index (χ4v) is 3.29. The third-order valence-corrected chi connectivity index (χ3v) is 4.31. The lowest BCUT2D eigenvalue weighted by Crippen LogP contribution is -2.38. The van der Waals surface area contributed by atoms with E-state index in [0.717, 1.165) is 37.9 Å². The Morgan fingerprint density at radius 3 is 2.62 bits per heavy atom. The van der Waals surface area contributed by atoms with E-state index in [2.05, 4.69) is 43.4 Å². The Morgan fingerprint density at radius 1 is 1.33 bits per heavy atom. The van der Waals surface area contributed by atoms with Gasteiger partial charge in [0, 0.05) is 0 Å². The van der Waals surface area contributed by atoms with Crippen LogP contribution in [-0.2, 0) is 17.6 Å². The summed E-state index contributed by atoms with van der Waals surface area (Å²) >= 11 is 0. The minimum absolute atomic E-state index is 0.255. The van der Waals surface area contributed by atoms with Crippen LogP contribution in [0.3, 0.4) is 0 Å². The molecule has 1 aliphatic rings. The first kappa shape index (κ1) is 16.0. The van der Waals surface area contributed by atoms with Crippen molar-refractivity contribution in [2.24, 2.45) is 17.8 Å². The first-order valence-corrected chi connectivity index (χ1v) is 8.07. The molecule has 1 heterocycles. The molecule has 1 saturated heterocycles. The highest BCUT2D eigenvalue weighted by molar-refractivity contribution is 5.71. The van der Waals surface area contributed by atoms with E-state index in [-0.39, 0.29) is 11.8 Å². The standard InChI is InChI=1S/C18H27NO2/c1-13(2)9-14-5-3-6-15(10-14)11-17(18(20)21)16-7-4-8-19-12-16/h3,5-6,10,13,16-17,19H,4,7-9,11-12H2,1-2H3,(H,20,21). The van der Waals surface area contributed by atoms with Crippen LogP contribution in [-0.4, -0.2) is 24.2 Å². The smallest absolute Gasteiger partial charge is 0.307 e. The number of carbonyl (C=O) groups is 1. The molecule has 3 heteroatoms. The molecule has 0 saturated carbocycles. The lowest BCUT2D eigenvalue weighted by Gasteiger charge is -2.28. The van der Waals surface area contributed by atoms with Crippen molar-refractivity contribution in [1.29, 1.82) is 0 Å². The summed E-state index contributed by atoms with van der Waals surface area (Å²) in [6.45, 7) is 6.27. The second kappa shape index (κ2) is 7.60. The van der Waals surface area contributed by atoms with Crippen LogP contribution in [0.15, 0.2) is 24.3 Å². The molecule has 0 aliphatic carbocycles. The van der Waals surface area contributed by atoms with E-state index < -0.39 is 5.97 Å². The van der Waals surface area contributed by atoms with Crippen molar-refractivity contribution in [3.8, 4) is 0 Å². The van der Waals surface area contributed by atoms with Crippen LogP contribution in [0.5, 0.6) is 0 Å². The molecule has 0 amide bonds. The van der Waals surface area contributed by atoms with Crippen molar-refractivity contribution in [3.63, 3.8) is 0 Å². The van der Waals surface area contributed by atoms with E-state index in [1.165, 1.54) is 5.56 Å². The molecule has 3 nitrogen and oxygen atoms in total. The molecular formula is C18H27NO2. The van der Waals surface area contributed by atoms with Crippen LogP contribution in [0.2, 0.25) is 0 Å². The van der Waals surface area contributed by atoms with Gasteiger partial charge in [0.2, 0.25) is 0 Å². The third-order valence-electron chi connectivity index (χ3n) is 4.31. The SMILES string of the molecule is CC(C)Cc1cccc(CC(C(=O)O)C2CCCNC2)c1. The number of aliphatic carboxylic acids is 1. The van der Waals surface area contributed by atoms with Gasteiger partial charge in [-0.2, -0.15) is 0 Å². The third kappa shape index (κ3) is 4.85. The number of hydrogen-bond donors (Lipinski definition) is 2. The summed E-state index contributed by atoms with van der Waals surface area (Å²) in [4.78, 5) is 11.6. The Bertz CT molecular complexity index is 464. The molecule has 0 radical (unpaired) electrons. The molecule has 0 spiro atoms. The predicted octanol–water partition coefficient (Wildman–Crippen LogP) is 3.13. The number of piperidine rings is 1. The molecular weight excluding hydrogens is 262 g/mol. The summed E-state index contributed by atoms with van der Waals surface area (Å²) in [5.41, 5.74) is 2.47. The maximum absolute atomic E-state index is 11.6. The molecule has 2 atom stereocenters. The zero-order valence-electron chi connectivity index (χ0n) is 13.1. The van der Waals surface area contributed by atoms with Gasteiger partial charge in [-0.25, -0.2) is 0 Å². The van der Waals surface area contributed by atoms with Crippen LogP contribution in [0.1, 0.15) is 37.8 Å². The van der Waals surface area contributed by atoms with E-state index in [1.807, 2.05) is 0 Å². The predicted molar refractivity (Wildman–Crippen MR) is 85.4 cm³/mol. The Balaban J connectivity index is 2.07. The highest BCUT2D eigenvalue weighted by Gasteiger charge is 2.29. The second-order valence-electron chi connectivity index (χ2n) is 6.67. The summed E-state index contributed by atoms with van der Waals surface area (Å²) < 4.78 is 0.